The number of benzene rings is 2. The zero-order chi connectivity index (χ0) is 19.8. The van der Waals surface area contributed by atoms with Gasteiger partial charge in [0.2, 0.25) is 5.43 Å². The lowest BCUT2D eigenvalue weighted by atomic mass is 10.2. The van der Waals surface area contributed by atoms with Gasteiger partial charge < -0.3 is 0 Å². The van der Waals surface area contributed by atoms with Crippen LogP contribution in [-0.4, -0.2) is 20.7 Å². The molecule has 0 aliphatic rings. The molecule has 0 atom stereocenters. The molecular formula is C20H17ClN4O2S. The van der Waals surface area contributed by atoms with Gasteiger partial charge in [-0.05, 0) is 49.2 Å². The van der Waals surface area contributed by atoms with Crippen molar-refractivity contribution in [3.8, 4) is 0 Å². The number of halogens is 1. The van der Waals surface area contributed by atoms with Crippen LogP contribution in [0.3, 0.4) is 0 Å². The average Bonchev–Trinajstić information content (AvgIpc) is 3.09. The Labute approximate surface area is 169 Å². The maximum absolute atomic E-state index is 12.8. The Morgan fingerprint density at radius 2 is 2.04 bits per heavy atom. The van der Waals surface area contributed by atoms with Gasteiger partial charge in [-0.15, -0.1) is 0 Å². The van der Waals surface area contributed by atoms with E-state index in [9.17, 15) is 9.59 Å². The first-order valence-electron chi connectivity index (χ1n) is 8.91. The molecule has 0 bridgehead atoms. The predicted molar refractivity (Wildman–Crippen MR) is 114 cm³/mol. The van der Waals surface area contributed by atoms with E-state index >= 15 is 0 Å². The number of rotatable bonds is 4. The fourth-order valence-corrected chi connectivity index (χ4v) is 4.15. The van der Waals surface area contributed by atoms with E-state index in [0.29, 0.717) is 27.6 Å². The molecule has 4 aromatic rings. The number of carbonyl (C=O) groups is 1. The maximum Gasteiger partial charge on any atom is 0.281 e. The van der Waals surface area contributed by atoms with Gasteiger partial charge in [0.05, 0.1) is 21.1 Å². The van der Waals surface area contributed by atoms with E-state index in [-0.39, 0.29) is 5.69 Å². The van der Waals surface area contributed by atoms with Crippen molar-refractivity contribution in [3.05, 3.63) is 62.9 Å². The number of amides is 1. The zero-order valence-electron chi connectivity index (χ0n) is 15.3. The number of carbonyl (C=O) groups excluding carboxylic acids is 1. The quantitative estimate of drug-likeness (QED) is 0.535. The minimum atomic E-state index is -0.580. The maximum atomic E-state index is 12.8. The molecule has 0 saturated carbocycles. The summed E-state index contributed by atoms with van der Waals surface area (Å²) in [5.41, 5.74) is 2.02. The molecule has 4 rings (SSSR count). The topological polar surface area (TPSA) is 76.9 Å². The molecule has 1 N–H and O–H groups in total. The summed E-state index contributed by atoms with van der Waals surface area (Å²) < 4.78 is 2.60. The van der Waals surface area contributed by atoms with Crippen LogP contribution >= 0.6 is 22.9 Å². The van der Waals surface area contributed by atoms with Crippen LogP contribution < -0.4 is 10.7 Å². The monoisotopic (exact) mass is 412 g/mol. The molecular weight excluding hydrogens is 396 g/mol. The molecule has 2 aromatic heterocycles. The molecule has 0 unspecified atom stereocenters. The van der Waals surface area contributed by atoms with Crippen molar-refractivity contribution in [2.45, 2.75) is 26.8 Å². The lowest BCUT2D eigenvalue weighted by Crippen LogP contribution is -2.27. The van der Waals surface area contributed by atoms with Gasteiger partial charge in [-0.1, -0.05) is 35.9 Å². The second kappa shape index (κ2) is 7.33. The number of aromatic nitrogens is 3. The Morgan fingerprint density at radius 1 is 1.21 bits per heavy atom. The van der Waals surface area contributed by atoms with Gasteiger partial charge in [0.1, 0.15) is 0 Å². The van der Waals surface area contributed by atoms with Crippen molar-refractivity contribution < 1.29 is 4.79 Å². The Bertz CT molecular complexity index is 1280. The van der Waals surface area contributed by atoms with Crippen LogP contribution in [0.15, 0.2) is 41.2 Å². The van der Waals surface area contributed by atoms with Crippen molar-refractivity contribution in [2.75, 3.05) is 5.32 Å². The van der Waals surface area contributed by atoms with Crippen LogP contribution in [0.25, 0.3) is 21.1 Å². The lowest BCUT2D eigenvalue weighted by molar-refractivity contribution is 0.101. The number of nitrogens with one attached hydrogen (secondary N) is 1. The molecule has 142 valence electrons. The van der Waals surface area contributed by atoms with Crippen LogP contribution in [-0.2, 0) is 13.0 Å². The van der Waals surface area contributed by atoms with Crippen molar-refractivity contribution >= 4 is 55.1 Å². The molecule has 2 heterocycles. The van der Waals surface area contributed by atoms with Crippen molar-refractivity contribution in [2.24, 2.45) is 0 Å². The summed E-state index contributed by atoms with van der Waals surface area (Å²) in [6, 6.07) is 11.0. The van der Waals surface area contributed by atoms with Gasteiger partial charge in [-0.25, -0.2) is 4.98 Å². The summed E-state index contributed by atoms with van der Waals surface area (Å²) in [5.74, 6) is -0.580. The van der Waals surface area contributed by atoms with E-state index in [1.54, 1.807) is 22.9 Å². The first-order valence-corrected chi connectivity index (χ1v) is 10.1. The highest BCUT2D eigenvalue weighted by atomic mass is 35.5. The van der Waals surface area contributed by atoms with Gasteiger partial charge in [0.15, 0.2) is 10.8 Å². The molecule has 8 heteroatoms. The van der Waals surface area contributed by atoms with Gasteiger partial charge >= 0.3 is 0 Å². The summed E-state index contributed by atoms with van der Waals surface area (Å²) in [6.07, 6.45) is 0.926. The van der Waals surface area contributed by atoms with Crippen molar-refractivity contribution in [3.63, 3.8) is 0 Å². The predicted octanol–water partition coefficient (Wildman–Crippen LogP) is 4.49. The second-order valence-electron chi connectivity index (χ2n) is 6.28. The summed E-state index contributed by atoms with van der Waals surface area (Å²) in [6.45, 7) is 4.49. The Hall–Kier alpha value is -2.77. The van der Waals surface area contributed by atoms with E-state index in [1.165, 1.54) is 16.9 Å². The third-order valence-corrected chi connectivity index (χ3v) is 5.68. The highest BCUT2D eigenvalue weighted by Gasteiger charge is 2.19. The number of anilines is 1. The summed E-state index contributed by atoms with van der Waals surface area (Å²) in [7, 11) is 0. The third-order valence-electron chi connectivity index (χ3n) is 4.51. The highest BCUT2D eigenvalue weighted by Crippen LogP contribution is 2.27. The smallest absolute Gasteiger partial charge is 0.281 e. The van der Waals surface area contributed by atoms with Gasteiger partial charge in [0, 0.05) is 11.6 Å². The number of thiazole rings is 1. The summed E-state index contributed by atoms with van der Waals surface area (Å²) >= 11 is 7.41. The zero-order valence-corrected chi connectivity index (χ0v) is 16.9. The number of aryl methyl sites for hydroxylation is 2. The van der Waals surface area contributed by atoms with E-state index in [2.05, 4.69) is 28.4 Å². The minimum Gasteiger partial charge on any atom is -0.296 e. The molecule has 0 radical (unpaired) electrons. The fourth-order valence-electron chi connectivity index (χ4n) is 3.05. The molecule has 28 heavy (non-hydrogen) atoms. The second-order valence-corrected chi connectivity index (χ2v) is 7.75. The van der Waals surface area contributed by atoms with Crippen molar-refractivity contribution in [1.29, 1.82) is 0 Å². The third kappa shape index (κ3) is 3.27. The Morgan fingerprint density at radius 3 is 2.79 bits per heavy atom. The van der Waals surface area contributed by atoms with Crippen LogP contribution in [0.2, 0.25) is 5.02 Å². The van der Waals surface area contributed by atoms with Gasteiger partial charge in [0.25, 0.3) is 5.91 Å². The van der Waals surface area contributed by atoms with Gasteiger partial charge in [-0.2, -0.15) is 5.10 Å². The molecule has 6 nitrogen and oxygen atoms in total. The molecule has 0 aliphatic heterocycles. The largest absolute Gasteiger partial charge is 0.296 e. The molecule has 1 amide bonds. The first-order chi connectivity index (χ1) is 13.5. The van der Waals surface area contributed by atoms with Crippen LogP contribution in [0, 0.1) is 0 Å². The molecule has 0 aliphatic carbocycles. The first kappa shape index (κ1) is 18.6. The van der Waals surface area contributed by atoms with Gasteiger partial charge in [-0.3, -0.25) is 19.6 Å². The number of nitrogens with zero attached hydrogens (tertiary/aromatic N) is 3. The molecule has 0 spiro atoms. The number of fused-ring (bicyclic) bond motifs is 2. The summed E-state index contributed by atoms with van der Waals surface area (Å²) in [4.78, 5) is 30.0. The summed E-state index contributed by atoms with van der Waals surface area (Å²) in [5, 5.41) is 8.20. The number of hydrogen-bond acceptors (Lipinski definition) is 5. The van der Waals surface area contributed by atoms with Crippen LogP contribution in [0.1, 0.15) is 29.9 Å². The van der Waals surface area contributed by atoms with E-state index < -0.39 is 11.3 Å². The minimum absolute atomic E-state index is 0.176. The molecule has 0 saturated heterocycles. The molecule has 2 aromatic carbocycles. The average molecular weight is 413 g/mol. The van der Waals surface area contributed by atoms with Crippen molar-refractivity contribution in [1.82, 2.24) is 14.8 Å². The fraction of sp³-hybridized carbons (Fsp3) is 0.200. The normalized spacial score (nSPS) is 11.2. The Balaban J connectivity index is 1.74. The van der Waals surface area contributed by atoms with E-state index in [1.807, 2.05) is 19.1 Å². The highest BCUT2D eigenvalue weighted by molar-refractivity contribution is 7.22. The lowest BCUT2D eigenvalue weighted by Gasteiger charge is -2.10. The molecule has 0 fully saturated rings. The standard InChI is InChI=1S/C20H17ClN4O2S/c1-3-11-5-7-14-16(9-11)28-20(22-14)23-19(27)17-18(26)13-10-12(21)6-8-15(13)25(4-2)24-17/h5-10H,3-4H2,1-2H3,(H,22,23,27). The SMILES string of the molecule is CCc1ccc2nc(NC(=O)c3nn(CC)c4ccc(Cl)cc4c3=O)sc2c1. The van der Waals surface area contributed by atoms with E-state index in [4.69, 9.17) is 11.6 Å². The van der Waals surface area contributed by atoms with E-state index in [0.717, 1.165) is 16.6 Å². The Kier molecular flexibility index (Phi) is 4.87. The van der Waals surface area contributed by atoms with Crippen LogP contribution in [0.5, 0.6) is 0 Å². The number of hydrogen-bond donors (Lipinski definition) is 1. The van der Waals surface area contributed by atoms with Crippen LogP contribution in [0.4, 0.5) is 5.13 Å².